The van der Waals surface area contributed by atoms with Gasteiger partial charge in [0, 0.05) is 17.3 Å². The van der Waals surface area contributed by atoms with Gasteiger partial charge in [-0.25, -0.2) is 4.79 Å². The Bertz CT molecular complexity index is 592. The fourth-order valence-corrected chi connectivity index (χ4v) is 2.98. The number of carbonyl (C=O) groups is 2. The summed E-state index contributed by atoms with van der Waals surface area (Å²) in [6, 6.07) is 5.93. The highest BCUT2D eigenvalue weighted by Gasteiger charge is 2.43. The molecule has 0 aromatic heterocycles. The maximum absolute atomic E-state index is 12.1. The molecule has 2 rings (SSSR count). The molecule has 1 unspecified atom stereocenters. The fraction of sp³-hybridized carbons (Fsp3) is 0.500. The highest BCUT2D eigenvalue weighted by molar-refractivity contribution is 9.10. The first-order chi connectivity index (χ1) is 9.61. The number of rotatable bonds is 2. The van der Waals surface area contributed by atoms with E-state index in [9.17, 15) is 9.59 Å². The highest BCUT2D eigenvalue weighted by atomic mass is 79.9. The molecule has 1 aromatic carbocycles. The molecule has 1 atom stereocenters. The molecule has 0 aliphatic heterocycles. The largest absolute Gasteiger partial charge is 0.444 e. The second kappa shape index (κ2) is 5.44. The summed E-state index contributed by atoms with van der Waals surface area (Å²) in [5.74, 6) is -0.0549. The van der Waals surface area contributed by atoms with Crippen molar-refractivity contribution < 1.29 is 14.3 Å². The van der Waals surface area contributed by atoms with Crippen molar-refractivity contribution in [3.05, 3.63) is 33.8 Å². The summed E-state index contributed by atoms with van der Waals surface area (Å²) in [6.07, 6.45) is 0.449. The van der Waals surface area contributed by atoms with Crippen molar-refractivity contribution in [2.45, 2.75) is 51.7 Å². The summed E-state index contributed by atoms with van der Waals surface area (Å²) in [6.45, 7) is 6.91. The first kappa shape index (κ1) is 16.0. The monoisotopic (exact) mass is 353 g/mol. The van der Waals surface area contributed by atoms with Gasteiger partial charge in [-0.15, -0.1) is 0 Å². The summed E-state index contributed by atoms with van der Waals surface area (Å²) < 4.78 is 6.26. The molecule has 5 heteroatoms. The molecule has 0 saturated heterocycles. The molecule has 4 nitrogen and oxygen atoms in total. The number of Topliss-reactive ketones (excluding diaryl/α,β-unsaturated/α-hetero) is 1. The van der Waals surface area contributed by atoms with E-state index in [1.807, 2.05) is 18.2 Å². The SMILES string of the molecule is CC(=O)C1(NC(=O)OC(C)(C)C)Cc2ccc(Br)cc2C1. The average Bonchev–Trinajstić information content (AvgIpc) is 2.64. The van der Waals surface area contributed by atoms with Crippen LogP contribution in [0.3, 0.4) is 0 Å². The molecule has 0 heterocycles. The average molecular weight is 354 g/mol. The Balaban J connectivity index is 2.22. The quantitative estimate of drug-likeness (QED) is 0.886. The van der Waals surface area contributed by atoms with E-state index in [1.54, 1.807) is 20.8 Å². The van der Waals surface area contributed by atoms with Crippen LogP contribution in [0.1, 0.15) is 38.8 Å². The van der Waals surface area contributed by atoms with Crippen molar-refractivity contribution in [2.75, 3.05) is 0 Å². The molecular weight excluding hydrogens is 334 g/mol. The molecule has 1 N–H and O–H groups in total. The predicted octanol–water partition coefficient (Wildman–Crippen LogP) is 3.40. The Morgan fingerprint density at radius 3 is 2.43 bits per heavy atom. The van der Waals surface area contributed by atoms with E-state index in [-0.39, 0.29) is 5.78 Å². The number of ether oxygens (including phenoxy) is 1. The zero-order valence-electron chi connectivity index (χ0n) is 12.7. The van der Waals surface area contributed by atoms with Gasteiger partial charge in [0.1, 0.15) is 11.1 Å². The zero-order valence-corrected chi connectivity index (χ0v) is 14.3. The maximum atomic E-state index is 12.1. The number of fused-ring (bicyclic) bond motifs is 1. The van der Waals surface area contributed by atoms with Crippen LogP contribution in [0.4, 0.5) is 4.79 Å². The Labute approximate surface area is 133 Å². The second-order valence-electron chi connectivity index (χ2n) is 6.53. The zero-order chi connectivity index (χ0) is 15.8. The van der Waals surface area contributed by atoms with Crippen LogP contribution in [-0.2, 0) is 22.4 Å². The number of halogens is 1. The first-order valence-electron chi connectivity index (χ1n) is 6.91. The summed E-state index contributed by atoms with van der Waals surface area (Å²) in [7, 11) is 0. The van der Waals surface area contributed by atoms with Crippen LogP contribution < -0.4 is 5.32 Å². The molecule has 1 aliphatic rings. The van der Waals surface area contributed by atoms with E-state index in [2.05, 4.69) is 21.2 Å². The minimum atomic E-state index is -0.897. The van der Waals surface area contributed by atoms with Crippen molar-refractivity contribution in [3.63, 3.8) is 0 Å². The van der Waals surface area contributed by atoms with Gasteiger partial charge in [0.25, 0.3) is 0 Å². The van der Waals surface area contributed by atoms with Crippen molar-refractivity contribution in [3.8, 4) is 0 Å². The molecule has 0 radical (unpaired) electrons. The van der Waals surface area contributed by atoms with Gasteiger partial charge in [-0.3, -0.25) is 4.79 Å². The highest BCUT2D eigenvalue weighted by Crippen LogP contribution is 2.33. The van der Waals surface area contributed by atoms with Gasteiger partial charge in [0.05, 0.1) is 0 Å². The minimum absolute atomic E-state index is 0.0549. The van der Waals surface area contributed by atoms with E-state index in [4.69, 9.17) is 4.74 Å². The standard InChI is InChI=1S/C16H20BrNO3/c1-10(19)16(18-14(20)21-15(2,3)4)8-11-5-6-13(17)7-12(11)9-16/h5-7H,8-9H2,1-4H3,(H,18,20). The summed E-state index contributed by atoms with van der Waals surface area (Å²) >= 11 is 3.43. The molecule has 0 bridgehead atoms. The smallest absolute Gasteiger partial charge is 0.408 e. The molecule has 0 saturated carbocycles. The third-order valence-electron chi connectivity index (χ3n) is 3.57. The summed E-state index contributed by atoms with van der Waals surface area (Å²) in [5, 5.41) is 2.79. The Morgan fingerprint density at radius 1 is 1.24 bits per heavy atom. The number of carbonyl (C=O) groups excluding carboxylic acids is 2. The second-order valence-corrected chi connectivity index (χ2v) is 7.45. The number of benzene rings is 1. The lowest BCUT2D eigenvalue weighted by Crippen LogP contribution is -2.55. The van der Waals surface area contributed by atoms with Crippen molar-refractivity contribution in [2.24, 2.45) is 0 Å². The minimum Gasteiger partial charge on any atom is -0.444 e. The third-order valence-corrected chi connectivity index (χ3v) is 4.06. The van der Waals surface area contributed by atoms with Gasteiger partial charge < -0.3 is 10.1 Å². The van der Waals surface area contributed by atoms with Crippen LogP contribution in [0.5, 0.6) is 0 Å². The fourth-order valence-electron chi connectivity index (χ4n) is 2.57. The number of alkyl carbamates (subject to hydrolysis) is 1. The summed E-state index contributed by atoms with van der Waals surface area (Å²) in [5.41, 5.74) is 0.683. The lowest BCUT2D eigenvalue weighted by Gasteiger charge is -2.29. The number of ketones is 1. The third kappa shape index (κ3) is 3.64. The maximum Gasteiger partial charge on any atom is 0.408 e. The Morgan fingerprint density at radius 2 is 1.86 bits per heavy atom. The molecular formula is C16H20BrNO3. The summed E-state index contributed by atoms with van der Waals surface area (Å²) in [4.78, 5) is 24.2. The predicted molar refractivity (Wildman–Crippen MR) is 84.3 cm³/mol. The number of hydrogen-bond donors (Lipinski definition) is 1. The van der Waals surface area contributed by atoms with Gasteiger partial charge in [-0.1, -0.05) is 22.0 Å². The van der Waals surface area contributed by atoms with Crippen molar-refractivity contribution >= 4 is 27.8 Å². The Hall–Kier alpha value is -1.36. The van der Waals surface area contributed by atoms with Gasteiger partial charge in [0.2, 0.25) is 0 Å². The molecule has 1 amide bonds. The van der Waals surface area contributed by atoms with Gasteiger partial charge in [-0.2, -0.15) is 0 Å². The number of hydrogen-bond acceptors (Lipinski definition) is 3. The molecule has 114 valence electrons. The van der Waals surface area contributed by atoms with Crippen LogP contribution in [0.2, 0.25) is 0 Å². The van der Waals surface area contributed by atoms with Crippen molar-refractivity contribution in [1.82, 2.24) is 5.32 Å². The molecule has 1 aromatic rings. The molecule has 1 aliphatic carbocycles. The normalized spacial score (nSPS) is 20.8. The van der Waals surface area contributed by atoms with E-state index in [0.717, 1.165) is 15.6 Å². The van der Waals surface area contributed by atoms with E-state index in [1.165, 1.54) is 6.92 Å². The molecule has 0 fully saturated rings. The van der Waals surface area contributed by atoms with Gasteiger partial charge in [0.15, 0.2) is 5.78 Å². The Kier molecular flexibility index (Phi) is 4.15. The lowest BCUT2D eigenvalue weighted by molar-refractivity contribution is -0.123. The van der Waals surface area contributed by atoms with Gasteiger partial charge >= 0.3 is 6.09 Å². The topological polar surface area (TPSA) is 55.4 Å². The van der Waals surface area contributed by atoms with Crippen molar-refractivity contribution in [1.29, 1.82) is 0 Å². The number of amides is 1. The van der Waals surface area contributed by atoms with E-state index < -0.39 is 17.2 Å². The molecule has 0 spiro atoms. The van der Waals surface area contributed by atoms with Crippen LogP contribution in [0, 0.1) is 0 Å². The number of nitrogens with one attached hydrogen (secondary N) is 1. The van der Waals surface area contributed by atoms with Crippen LogP contribution in [-0.4, -0.2) is 23.0 Å². The van der Waals surface area contributed by atoms with E-state index >= 15 is 0 Å². The van der Waals surface area contributed by atoms with Crippen LogP contribution in [0.15, 0.2) is 22.7 Å². The first-order valence-corrected chi connectivity index (χ1v) is 7.70. The van der Waals surface area contributed by atoms with Crippen LogP contribution >= 0.6 is 15.9 Å². The molecule has 21 heavy (non-hydrogen) atoms. The van der Waals surface area contributed by atoms with Gasteiger partial charge in [-0.05, 0) is 51.0 Å². The lowest BCUT2D eigenvalue weighted by atomic mass is 9.91. The van der Waals surface area contributed by atoms with E-state index in [0.29, 0.717) is 12.8 Å². The van der Waals surface area contributed by atoms with Crippen LogP contribution in [0.25, 0.3) is 0 Å².